The molecule has 3 aromatic rings. The molecule has 4 amide bonds. The van der Waals surface area contributed by atoms with Gasteiger partial charge in [0.15, 0.2) is 11.5 Å². The van der Waals surface area contributed by atoms with Gasteiger partial charge >= 0.3 is 22.3 Å². The normalized spacial score (nSPS) is 15.2. The van der Waals surface area contributed by atoms with E-state index in [1.165, 1.54) is 31.4 Å². The van der Waals surface area contributed by atoms with Crippen molar-refractivity contribution in [3.05, 3.63) is 85.5 Å². The first-order valence-electron chi connectivity index (χ1n) is 11.3. The molecule has 214 valence electrons. The molecule has 0 bridgehead atoms. The van der Waals surface area contributed by atoms with E-state index in [1.807, 2.05) is 5.32 Å². The zero-order valence-corrected chi connectivity index (χ0v) is 24.6. The van der Waals surface area contributed by atoms with E-state index in [-0.39, 0.29) is 30.6 Å². The summed E-state index contributed by atoms with van der Waals surface area (Å²) >= 11 is 7.77. The molecule has 3 aromatic carbocycles. The quantitative estimate of drug-likeness (QED) is 0.150. The Kier molecular flexibility index (Phi) is 8.38. The van der Waals surface area contributed by atoms with Crippen LogP contribution in [0.1, 0.15) is 16.7 Å². The second kappa shape index (κ2) is 11.3. The van der Waals surface area contributed by atoms with Gasteiger partial charge in [0.05, 0.1) is 27.0 Å². The highest BCUT2D eigenvalue weighted by Gasteiger charge is 2.39. The lowest BCUT2D eigenvalue weighted by Crippen LogP contribution is -2.54. The Morgan fingerprint density at radius 3 is 2.29 bits per heavy atom. The third-order valence-electron chi connectivity index (χ3n) is 5.68. The Hall–Kier alpha value is -3.63. The van der Waals surface area contributed by atoms with E-state index in [9.17, 15) is 36.0 Å². The Morgan fingerprint density at radius 2 is 1.68 bits per heavy atom. The third kappa shape index (κ3) is 6.33. The summed E-state index contributed by atoms with van der Waals surface area (Å²) in [5, 5.41) is 1.56. The van der Waals surface area contributed by atoms with Crippen molar-refractivity contribution in [1.82, 2.24) is 5.32 Å². The molecule has 4 rings (SSSR count). The number of hydrogen-bond donors (Lipinski definition) is 1. The third-order valence-corrected chi connectivity index (χ3v) is 8.04. The molecule has 1 fully saturated rings. The number of rotatable bonds is 6. The number of hydrogen-bond acceptors (Lipinski definition) is 7. The van der Waals surface area contributed by atoms with Crippen LogP contribution in [0.5, 0.6) is 11.5 Å². The maximum atomic E-state index is 13.3. The van der Waals surface area contributed by atoms with Crippen LogP contribution in [0.15, 0.2) is 65.1 Å². The lowest BCUT2D eigenvalue weighted by molar-refractivity contribution is -0.137. The van der Waals surface area contributed by atoms with Crippen LogP contribution in [0.3, 0.4) is 0 Å². The number of carbonyl (C=O) groups is 3. The summed E-state index contributed by atoms with van der Waals surface area (Å²) < 4.78 is 76.3. The first-order valence-corrected chi connectivity index (χ1v) is 14.2. The molecule has 41 heavy (non-hydrogen) atoms. The first-order chi connectivity index (χ1) is 19.1. The highest BCUT2D eigenvalue weighted by atomic mass is 127. The molecule has 0 unspecified atom stereocenters. The molecule has 1 saturated heterocycles. The molecular formula is C26H17ClF3IN2O7S. The van der Waals surface area contributed by atoms with Crippen molar-refractivity contribution in [2.75, 3.05) is 12.0 Å². The molecule has 0 radical (unpaired) electrons. The van der Waals surface area contributed by atoms with Gasteiger partial charge in [0.25, 0.3) is 11.8 Å². The predicted molar refractivity (Wildman–Crippen MR) is 150 cm³/mol. The number of amides is 4. The minimum atomic E-state index is -4.80. The van der Waals surface area contributed by atoms with Crippen molar-refractivity contribution in [2.45, 2.75) is 18.0 Å². The van der Waals surface area contributed by atoms with Crippen LogP contribution < -0.4 is 19.1 Å². The van der Waals surface area contributed by atoms with Gasteiger partial charge in [-0.25, -0.2) is 9.69 Å². The second-order valence-electron chi connectivity index (χ2n) is 8.51. The summed E-state index contributed by atoms with van der Waals surface area (Å²) in [5.74, 6) is -2.59. The number of halogens is 5. The Labute approximate surface area is 250 Å². The van der Waals surface area contributed by atoms with E-state index in [4.69, 9.17) is 20.5 Å². The molecule has 0 saturated carbocycles. The lowest BCUT2D eigenvalue weighted by Gasteiger charge is -2.27. The summed E-state index contributed by atoms with van der Waals surface area (Å²) in [6, 6.07) is 9.35. The molecule has 1 N–H and O–H groups in total. The SMILES string of the molecule is COc1cc(/C=C2/C(=O)NC(=O)N(c3cc(C(F)(F)F)ccc3Cl)C2=O)cc(I)c1OS(=O)(=O)c1ccc(C)cc1. The van der Waals surface area contributed by atoms with E-state index in [0.29, 0.717) is 17.0 Å². The number of alkyl halides is 3. The monoisotopic (exact) mass is 720 g/mol. The molecule has 1 aliphatic heterocycles. The largest absolute Gasteiger partial charge is 0.493 e. The van der Waals surface area contributed by atoms with Gasteiger partial charge in [0.2, 0.25) is 0 Å². The van der Waals surface area contributed by atoms with Crippen molar-refractivity contribution in [3.63, 3.8) is 0 Å². The van der Waals surface area contributed by atoms with Crippen LogP contribution in [0.2, 0.25) is 5.02 Å². The smallest absolute Gasteiger partial charge is 0.416 e. The molecule has 0 spiro atoms. The summed E-state index contributed by atoms with van der Waals surface area (Å²) in [4.78, 5) is 38.5. The van der Waals surface area contributed by atoms with Gasteiger partial charge in [-0.3, -0.25) is 14.9 Å². The summed E-state index contributed by atoms with van der Waals surface area (Å²) in [5.41, 5.74) is -1.38. The number of aryl methyl sites for hydroxylation is 1. The predicted octanol–water partition coefficient (Wildman–Crippen LogP) is 5.71. The van der Waals surface area contributed by atoms with Gasteiger partial charge in [-0.05, 0) is 83.6 Å². The zero-order valence-electron chi connectivity index (χ0n) is 20.9. The summed E-state index contributed by atoms with van der Waals surface area (Å²) in [7, 11) is -3.02. The van der Waals surface area contributed by atoms with Crippen molar-refractivity contribution in [3.8, 4) is 11.5 Å². The van der Waals surface area contributed by atoms with Crippen LogP contribution in [-0.4, -0.2) is 33.4 Å². The van der Waals surface area contributed by atoms with E-state index in [0.717, 1.165) is 17.7 Å². The van der Waals surface area contributed by atoms with E-state index < -0.39 is 51.0 Å². The van der Waals surface area contributed by atoms with Crippen LogP contribution >= 0.6 is 34.2 Å². The van der Waals surface area contributed by atoms with E-state index in [1.54, 1.807) is 41.6 Å². The van der Waals surface area contributed by atoms with Crippen molar-refractivity contribution < 1.29 is 44.9 Å². The summed E-state index contributed by atoms with van der Waals surface area (Å²) in [6.45, 7) is 1.79. The Bertz CT molecular complexity index is 1730. The molecule has 15 heteroatoms. The lowest BCUT2D eigenvalue weighted by atomic mass is 10.1. The Balaban J connectivity index is 1.73. The molecule has 1 aliphatic rings. The molecule has 1 heterocycles. The molecule has 9 nitrogen and oxygen atoms in total. The van der Waals surface area contributed by atoms with E-state index >= 15 is 0 Å². The van der Waals surface area contributed by atoms with Crippen molar-refractivity contribution in [2.24, 2.45) is 0 Å². The number of methoxy groups -OCH3 is 1. The van der Waals surface area contributed by atoms with Crippen LogP contribution in [0, 0.1) is 10.5 Å². The molecule has 0 aromatic heterocycles. The maximum Gasteiger partial charge on any atom is 0.416 e. The second-order valence-corrected chi connectivity index (χ2v) is 11.6. The van der Waals surface area contributed by atoms with Crippen molar-refractivity contribution >= 4 is 73.9 Å². The number of ether oxygens (including phenoxy) is 1. The fourth-order valence-electron chi connectivity index (χ4n) is 3.67. The standard InChI is InChI=1S/C26H17ClF3IN2O7S/c1-13-3-6-16(7-4-13)41(37,38)40-22-19(31)10-14(11-21(22)39-2)9-17-23(34)32-25(36)33(24(17)35)20-12-15(26(28,29)30)5-8-18(20)27/h3-12H,1-2H3,(H,32,34,36)/b17-9-. The highest BCUT2D eigenvalue weighted by Crippen LogP contribution is 2.38. The van der Waals surface area contributed by atoms with Crippen LogP contribution in [0.25, 0.3) is 6.08 Å². The number of carbonyl (C=O) groups excluding carboxylic acids is 3. The minimum Gasteiger partial charge on any atom is -0.493 e. The fourth-order valence-corrected chi connectivity index (χ4v) is 5.71. The van der Waals surface area contributed by atoms with Gasteiger partial charge in [0, 0.05) is 0 Å². The molecule has 0 atom stereocenters. The Morgan fingerprint density at radius 1 is 1.02 bits per heavy atom. The average molecular weight is 721 g/mol. The number of benzene rings is 3. The fraction of sp³-hybridized carbons (Fsp3) is 0.115. The molecule has 0 aliphatic carbocycles. The minimum absolute atomic E-state index is 0.0723. The summed E-state index contributed by atoms with van der Waals surface area (Å²) in [6.07, 6.45) is -3.74. The number of nitrogens with one attached hydrogen (secondary N) is 1. The first kappa shape index (κ1) is 30.3. The number of nitrogens with zero attached hydrogens (tertiary/aromatic N) is 1. The van der Waals surface area contributed by atoms with Crippen LogP contribution in [0.4, 0.5) is 23.7 Å². The number of imide groups is 2. The number of barbiturate groups is 1. The zero-order chi connectivity index (χ0) is 30.3. The average Bonchev–Trinajstić information content (AvgIpc) is 2.88. The number of anilines is 1. The van der Waals surface area contributed by atoms with Gasteiger partial charge in [0.1, 0.15) is 10.5 Å². The maximum absolute atomic E-state index is 13.3. The highest BCUT2D eigenvalue weighted by molar-refractivity contribution is 14.1. The van der Waals surface area contributed by atoms with Gasteiger partial charge in [-0.15, -0.1) is 0 Å². The number of urea groups is 1. The molecular weight excluding hydrogens is 704 g/mol. The van der Waals surface area contributed by atoms with Gasteiger partial charge in [-0.2, -0.15) is 21.6 Å². The van der Waals surface area contributed by atoms with Gasteiger partial charge in [-0.1, -0.05) is 29.3 Å². The van der Waals surface area contributed by atoms with Crippen LogP contribution in [-0.2, 0) is 25.9 Å². The van der Waals surface area contributed by atoms with E-state index in [2.05, 4.69) is 0 Å². The van der Waals surface area contributed by atoms with Gasteiger partial charge < -0.3 is 8.92 Å². The van der Waals surface area contributed by atoms with Crippen molar-refractivity contribution in [1.29, 1.82) is 0 Å². The topological polar surface area (TPSA) is 119 Å².